The van der Waals surface area contributed by atoms with E-state index in [0.29, 0.717) is 5.11 Å². The average molecular weight is 301 g/mol. The van der Waals surface area contributed by atoms with Crippen molar-refractivity contribution >= 4 is 34.4 Å². The average Bonchev–Trinajstić information content (AvgIpc) is 2.50. The Morgan fingerprint density at radius 3 is 2.38 bits per heavy atom. The molecule has 0 aliphatic heterocycles. The highest BCUT2D eigenvalue weighted by Crippen LogP contribution is 2.27. The van der Waals surface area contributed by atoms with E-state index >= 15 is 0 Å². The molecule has 0 bridgehead atoms. The molecule has 5 heteroatoms. The molecule has 0 atom stereocenters. The topological polar surface area (TPSA) is 45.3 Å². The number of benzene rings is 2. The van der Waals surface area contributed by atoms with E-state index in [1.165, 1.54) is 0 Å². The van der Waals surface area contributed by atoms with E-state index in [-0.39, 0.29) is 0 Å². The minimum absolute atomic E-state index is 0.628. The van der Waals surface area contributed by atoms with Gasteiger partial charge in [0.15, 0.2) is 5.11 Å². The van der Waals surface area contributed by atoms with Crippen molar-refractivity contribution in [2.24, 2.45) is 0 Å². The Labute approximate surface area is 130 Å². The summed E-state index contributed by atoms with van der Waals surface area (Å²) in [6, 6.07) is 15.7. The van der Waals surface area contributed by atoms with E-state index in [0.717, 1.165) is 29.4 Å². The van der Waals surface area contributed by atoms with Gasteiger partial charge in [-0.2, -0.15) is 0 Å². The standard InChI is InChI=1S/C16H19N3OS/c1-3-17-16(21)19-13-10-8-12(9-11-13)18-14-6-4-5-7-15(14)20-2/h4-11,18H,3H2,1-2H3,(H2,17,19,21). The summed E-state index contributed by atoms with van der Waals surface area (Å²) in [6.45, 7) is 2.81. The highest BCUT2D eigenvalue weighted by Gasteiger charge is 2.02. The van der Waals surface area contributed by atoms with E-state index in [2.05, 4.69) is 16.0 Å². The molecule has 0 amide bonds. The van der Waals surface area contributed by atoms with Crippen LogP contribution in [0.15, 0.2) is 48.5 Å². The molecule has 0 aliphatic carbocycles. The van der Waals surface area contributed by atoms with E-state index in [1.807, 2.05) is 55.5 Å². The number of methoxy groups -OCH3 is 1. The van der Waals surface area contributed by atoms with Crippen molar-refractivity contribution in [1.82, 2.24) is 5.32 Å². The number of hydrogen-bond acceptors (Lipinski definition) is 3. The fraction of sp³-hybridized carbons (Fsp3) is 0.188. The molecule has 0 aromatic heterocycles. The van der Waals surface area contributed by atoms with E-state index in [1.54, 1.807) is 7.11 Å². The van der Waals surface area contributed by atoms with Crippen LogP contribution < -0.4 is 20.7 Å². The Morgan fingerprint density at radius 1 is 1.05 bits per heavy atom. The maximum Gasteiger partial charge on any atom is 0.170 e. The number of anilines is 3. The van der Waals surface area contributed by atoms with Crippen LogP contribution in [0, 0.1) is 0 Å². The third-order valence-corrected chi connectivity index (χ3v) is 3.11. The van der Waals surface area contributed by atoms with Gasteiger partial charge in [-0.15, -0.1) is 0 Å². The summed E-state index contributed by atoms with van der Waals surface area (Å²) in [4.78, 5) is 0. The largest absolute Gasteiger partial charge is 0.495 e. The van der Waals surface area contributed by atoms with Gasteiger partial charge < -0.3 is 20.7 Å². The lowest BCUT2D eigenvalue weighted by molar-refractivity contribution is 0.417. The van der Waals surface area contributed by atoms with Crippen molar-refractivity contribution in [2.45, 2.75) is 6.92 Å². The Hall–Kier alpha value is -2.27. The lowest BCUT2D eigenvalue weighted by Gasteiger charge is -2.12. The maximum absolute atomic E-state index is 5.32. The zero-order valence-electron chi connectivity index (χ0n) is 12.1. The van der Waals surface area contributed by atoms with Crippen molar-refractivity contribution in [1.29, 1.82) is 0 Å². The highest BCUT2D eigenvalue weighted by atomic mass is 32.1. The second-order valence-electron chi connectivity index (χ2n) is 4.39. The fourth-order valence-electron chi connectivity index (χ4n) is 1.88. The first-order chi connectivity index (χ1) is 10.2. The van der Waals surface area contributed by atoms with Gasteiger partial charge in [-0.05, 0) is 55.5 Å². The number of hydrogen-bond donors (Lipinski definition) is 3. The van der Waals surface area contributed by atoms with Crippen LogP contribution in [-0.2, 0) is 0 Å². The molecule has 2 aromatic carbocycles. The third kappa shape index (κ3) is 4.36. The first-order valence-electron chi connectivity index (χ1n) is 6.78. The Bertz CT molecular complexity index is 599. The molecular formula is C16H19N3OS. The number of para-hydroxylation sites is 2. The van der Waals surface area contributed by atoms with Crippen molar-refractivity contribution in [3.63, 3.8) is 0 Å². The molecule has 2 aromatic rings. The van der Waals surface area contributed by atoms with Crippen molar-refractivity contribution < 1.29 is 4.74 Å². The van der Waals surface area contributed by atoms with Gasteiger partial charge in [0.05, 0.1) is 12.8 Å². The minimum atomic E-state index is 0.628. The summed E-state index contributed by atoms with van der Waals surface area (Å²) in [5.74, 6) is 0.813. The smallest absolute Gasteiger partial charge is 0.170 e. The predicted molar refractivity (Wildman–Crippen MR) is 92.6 cm³/mol. The Kier molecular flexibility index (Phi) is 5.40. The predicted octanol–water partition coefficient (Wildman–Crippen LogP) is 3.75. The number of thiocarbonyl (C=S) groups is 1. The summed E-state index contributed by atoms with van der Waals surface area (Å²) in [6.07, 6.45) is 0. The molecular weight excluding hydrogens is 282 g/mol. The summed E-state index contributed by atoms with van der Waals surface area (Å²) < 4.78 is 5.32. The van der Waals surface area contributed by atoms with E-state index in [4.69, 9.17) is 17.0 Å². The van der Waals surface area contributed by atoms with Crippen LogP contribution in [-0.4, -0.2) is 18.8 Å². The molecule has 0 radical (unpaired) electrons. The zero-order chi connectivity index (χ0) is 15.1. The van der Waals surface area contributed by atoms with Crippen LogP contribution in [0.4, 0.5) is 17.1 Å². The summed E-state index contributed by atoms with van der Waals surface area (Å²) >= 11 is 5.15. The van der Waals surface area contributed by atoms with Crippen molar-refractivity contribution in [3.8, 4) is 5.75 Å². The second-order valence-corrected chi connectivity index (χ2v) is 4.80. The monoisotopic (exact) mass is 301 g/mol. The minimum Gasteiger partial charge on any atom is -0.495 e. The molecule has 0 fully saturated rings. The molecule has 0 saturated carbocycles. The third-order valence-electron chi connectivity index (χ3n) is 2.87. The van der Waals surface area contributed by atoms with Gasteiger partial charge in [0.25, 0.3) is 0 Å². The SMILES string of the molecule is CCNC(=S)Nc1ccc(Nc2ccccc2OC)cc1. The molecule has 0 saturated heterocycles. The van der Waals surface area contributed by atoms with Gasteiger partial charge in [-0.3, -0.25) is 0 Å². The van der Waals surface area contributed by atoms with Crippen LogP contribution in [0.2, 0.25) is 0 Å². The molecule has 3 N–H and O–H groups in total. The van der Waals surface area contributed by atoms with Crippen LogP contribution >= 0.6 is 12.2 Å². The molecule has 0 aliphatic rings. The van der Waals surface area contributed by atoms with E-state index < -0.39 is 0 Å². The number of ether oxygens (including phenoxy) is 1. The molecule has 4 nitrogen and oxygen atoms in total. The molecule has 0 heterocycles. The van der Waals surface area contributed by atoms with Gasteiger partial charge >= 0.3 is 0 Å². The quantitative estimate of drug-likeness (QED) is 0.734. The van der Waals surface area contributed by atoms with Gasteiger partial charge in [0.2, 0.25) is 0 Å². The van der Waals surface area contributed by atoms with Crippen molar-refractivity contribution in [3.05, 3.63) is 48.5 Å². The fourth-order valence-corrected chi connectivity index (χ4v) is 2.14. The van der Waals surface area contributed by atoms with Gasteiger partial charge in [-0.1, -0.05) is 12.1 Å². The summed E-state index contributed by atoms with van der Waals surface area (Å²) in [7, 11) is 1.66. The summed E-state index contributed by atoms with van der Waals surface area (Å²) in [5.41, 5.74) is 2.87. The van der Waals surface area contributed by atoms with Gasteiger partial charge in [-0.25, -0.2) is 0 Å². The highest BCUT2D eigenvalue weighted by molar-refractivity contribution is 7.80. The molecule has 0 unspecified atom stereocenters. The van der Waals surface area contributed by atoms with Gasteiger partial charge in [0.1, 0.15) is 5.75 Å². The molecule has 110 valence electrons. The Balaban J connectivity index is 2.04. The lowest BCUT2D eigenvalue weighted by Crippen LogP contribution is -2.27. The second kappa shape index (κ2) is 7.50. The molecule has 21 heavy (non-hydrogen) atoms. The first-order valence-corrected chi connectivity index (χ1v) is 7.18. The number of nitrogens with one attached hydrogen (secondary N) is 3. The number of rotatable bonds is 5. The van der Waals surface area contributed by atoms with Crippen LogP contribution in [0.3, 0.4) is 0 Å². The van der Waals surface area contributed by atoms with Crippen LogP contribution in [0.5, 0.6) is 5.75 Å². The molecule has 0 spiro atoms. The van der Waals surface area contributed by atoms with Crippen LogP contribution in [0.25, 0.3) is 0 Å². The summed E-state index contributed by atoms with van der Waals surface area (Å²) in [5, 5.41) is 10.1. The van der Waals surface area contributed by atoms with E-state index in [9.17, 15) is 0 Å². The maximum atomic E-state index is 5.32. The Morgan fingerprint density at radius 2 is 1.71 bits per heavy atom. The first kappa shape index (κ1) is 15.1. The van der Waals surface area contributed by atoms with Gasteiger partial charge in [0, 0.05) is 17.9 Å². The molecule has 2 rings (SSSR count). The van der Waals surface area contributed by atoms with Crippen LogP contribution in [0.1, 0.15) is 6.92 Å². The lowest BCUT2D eigenvalue weighted by atomic mass is 10.2. The normalized spacial score (nSPS) is 9.81. The zero-order valence-corrected chi connectivity index (χ0v) is 13.0. The van der Waals surface area contributed by atoms with Crippen molar-refractivity contribution in [2.75, 3.05) is 24.3 Å².